The summed E-state index contributed by atoms with van der Waals surface area (Å²) in [4.78, 5) is 2.49. The summed E-state index contributed by atoms with van der Waals surface area (Å²) in [6.07, 6.45) is 0. The molecule has 61 heavy (non-hydrogen) atoms. The van der Waals surface area contributed by atoms with Gasteiger partial charge in [0.15, 0.2) is 0 Å². The van der Waals surface area contributed by atoms with Gasteiger partial charge in [0.05, 0.1) is 27.8 Å². The fourth-order valence-electron chi connectivity index (χ4n) is 11.0. The Labute approximate surface area is 354 Å². The molecule has 2 aliphatic carbocycles. The largest absolute Gasteiger partial charge is 0.310 e. The molecule has 2 heteroatoms. The van der Waals surface area contributed by atoms with Crippen LogP contribution in [0.4, 0.5) is 17.1 Å². The Morgan fingerprint density at radius 1 is 0.328 bits per heavy atom. The van der Waals surface area contributed by atoms with Gasteiger partial charge in [-0.1, -0.05) is 182 Å². The number of anilines is 3. The zero-order valence-electron chi connectivity index (χ0n) is 33.3. The molecule has 1 heterocycles. The lowest BCUT2D eigenvalue weighted by Crippen LogP contribution is -2.26. The number of nitrogens with zero attached hydrogens (tertiary/aromatic N) is 2. The quantitative estimate of drug-likeness (QED) is 0.169. The number of hydrogen-bond donors (Lipinski definition) is 0. The average Bonchev–Trinajstić information content (AvgIpc) is 3.94. The van der Waals surface area contributed by atoms with E-state index in [1.165, 1.54) is 82.7 Å². The molecule has 0 atom stereocenters. The summed E-state index contributed by atoms with van der Waals surface area (Å²) in [6, 6.07) is 85.3. The standard InChI is InChI=1S/C59H38N2/c1-2-20-40(21-3-1)60(41-36-37-47-46-25-8-13-31-52(46)59(53(47)38-41)50-29-11-6-23-44(50)45-24-7-12-30-51(45)59)56-34-17-35-57-58(56)49-27-10-15-33-55(49)61(57)54-32-14-9-26-48(54)43-28-16-19-39-18-4-5-22-42(39)43/h1-38H. The zero-order chi connectivity index (χ0) is 40.1. The van der Waals surface area contributed by atoms with Crippen LogP contribution in [0, 0.1) is 0 Å². The normalized spacial score (nSPS) is 13.0. The van der Waals surface area contributed by atoms with Gasteiger partial charge in [0.25, 0.3) is 0 Å². The zero-order valence-corrected chi connectivity index (χ0v) is 33.3. The molecule has 0 saturated carbocycles. The number of fused-ring (bicyclic) bond motifs is 14. The van der Waals surface area contributed by atoms with E-state index in [-0.39, 0.29) is 0 Å². The Bertz CT molecular complexity index is 3490. The van der Waals surface area contributed by atoms with Crippen LogP contribution in [0.2, 0.25) is 0 Å². The molecule has 1 spiro atoms. The first-order valence-electron chi connectivity index (χ1n) is 21.2. The van der Waals surface area contributed by atoms with Crippen LogP contribution >= 0.6 is 0 Å². The summed E-state index contributed by atoms with van der Waals surface area (Å²) in [5.74, 6) is 0. The highest BCUT2D eigenvalue weighted by Crippen LogP contribution is 2.63. The van der Waals surface area contributed by atoms with E-state index in [4.69, 9.17) is 0 Å². The predicted molar refractivity (Wildman–Crippen MR) is 255 cm³/mol. The maximum atomic E-state index is 2.50. The molecular weight excluding hydrogens is 737 g/mol. The van der Waals surface area contributed by atoms with Crippen molar-refractivity contribution in [3.05, 3.63) is 253 Å². The number of benzene rings is 10. The average molecular weight is 775 g/mol. The molecule has 2 aliphatic rings. The fraction of sp³-hybridized carbons (Fsp3) is 0.0169. The van der Waals surface area contributed by atoms with E-state index in [1.807, 2.05) is 0 Å². The van der Waals surface area contributed by atoms with Crippen LogP contribution in [0.15, 0.2) is 231 Å². The van der Waals surface area contributed by atoms with Crippen molar-refractivity contribution < 1.29 is 0 Å². The molecule has 284 valence electrons. The van der Waals surface area contributed by atoms with Crippen molar-refractivity contribution in [3.63, 3.8) is 0 Å². The molecule has 0 unspecified atom stereocenters. The Balaban J connectivity index is 1.08. The van der Waals surface area contributed by atoms with Gasteiger partial charge in [-0.05, 0) is 109 Å². The third kappa shape index (κ3) is 4.67. The topological polar surface area (TPSA) is 8.17 Å². The van der Waals surface area contributed by atoms with Crippen LogP contribution in [0.1, 0.15) is 22.3 Å². The Kier molecular flexibility index (Phi) is 7.26. The van der Waals surface area contributed by atoms with Crippen LogP contribution in [0.25, 0.3) is 71.6 Å². The van der Waals surface area contributed by atoms with Gasteiger partial charge in [-0.25, -0.2) is 0 Å². The van der Waals surface area contributed by atoms with Crippen LogP contribution < -0.4 is 4.90 Å². The van der Waals surface area contributed by atoms with Crippen LogP contribution in [-0.4, -0.2) is 4.57 Å². The van der Waals surface area contributed by atoms with Gasteiger partial charge in [0, 0.05) is 27.7 Å². The summed E-state index contributed by atoms with van der Waals surface area (Å²) >= 11 is 0. The highest BCUT2D eigenvalue weighted by Gasteiger charge is 2.51. The van der Waals surface area contributed by atoms with Crippen LogP contribution in [-0.2, 0) is 5.41 Å². The van der Waals surface area contributed by atoms with E-state index in [1.54, 1.807) is 0 Å². The van der Waals surface area contributed by atoms with Gasteiger partial charge in [0.1, 0.15) is 0 Å². The monoisotopic (exact) mass is 774 g/mol. The van der Waals surface area contributed by atoms with Gasteiger partial charge in [-0.15, -0.1) is 0 Å². The number of para-hydroxylation sites is 3. The first-order valence-corrected chi connectivity index (χ1v) is 21.2. The molecule has 0 aliphatic heterocycles. The van der Waals surface area contributed by atoms with E-state index < -0.39 is 5.41 Å². The molecule has 2 nitrogen and oxygen atoms in total. The van der Waals surface area contributed by atoms with Crippen LogP contribution in [0.3, 0.4) is 0 Å². The minimum atomic E-state index is -0.440. The van der Waals surface area contributed by atoms with Crippen molar-refractivity contribution in [2.45, 2.75) is 5.41 Å². The maximum absolute atomic E-state index is 2.50. The summed E-state index contributed by atoms with van der Waals surface area (Å²) < 4.78 is 2.48. The van der Waals surface area contributed by atoms with Crippen molar-refractivity contribution in [1.82, 2.24) is 4.57 Å². The first kappa shape index (κ1) is 34.0. The molecule has 13 rings (SSSR count). The van der Waals surface area contributed by atoms with Gasteiger partial charge in [-0.3, -0.25) is 0 Å². The lowest BCUT2D eigenvalue weighted by atomic mass is 9.70. The van der Waals surface area contributed by atoms with Crippen molar-refractivity contribution >= 4 is 49.6 Å². The number of aromatic nitrogens is 1. The Morgan fingerprint density at radius 3 is 1.59 bits per heavy atom. The third-order valence-corrected chi connectivity index (χ3v) is 13.4. The van der Waals surface area contributed by atoms with E-state index >= 15 is 0 Å². The summed E-state index contributed by atoms with van der Waals surface area (Å²) in [6.45, 7) is 0. The van der Waals surface area contributed by atoms with Crippen molar-refractivity contribution in [2.24, 2.45) is 0 Å². The number of hydrogen-bond acceptors (Lipinski definition) is 1. The van der Waals surface area contributed by atoms with Gasteiger partial charge >= 0.3 is 0 Å². The molecule has 0 amide bonds. The first-order chi connectivity index (χ1) is 30.3. The van der Waals surface area contributed by atoms with Crippen molar-refractivity contribution in [2.75, 3.05) is 4.90 Å². The molecule has 0 radical (unpaired) electrons. The molecule has 1 aromatic heterocycles. The molecule has 11 aromatic rings. The second-order valence-corrected chi connectivity index (χ2v) is 16.4. The Hall–Kier alpha value is -7.94. The summed E-state index contributed by atoms with van der Waals surface area (Å²) in [7, 11) is 0. The van der Waals surface area contributed by atoms with E-state index in [9.17, 15) is 0 Å². The second-order valence-electron chi connectivity index (χ2n) is 16.4. The van der Waals surface area contributed by atoms with Gasteiger partial charge in [-0.2, -0.15) is 0 Å². The van der Waals surface area contributed by atoms with Gasteiger partial charge in [0.2, 0.25) is 0 Å². The van der Waals surface area contributed by atoms with Gasteiger partial charge < -0.3 is 9.47 Å². The smallest absolute Gasteiger partial charge is 0.0726 e. The molecule has 0 fully saturated rings. The van der Waals surface area contributed by atoms with Crippen LogP contribution in [0.5, 0.6) is 0 Å². The highest BCUT2D eigenvalue weighted by atomic mass is 15.1. The molecular formula is C59H38N2. The lowest BCUT2D eigenvalue weighted by Gasteiger charge is -2.32. The third-order valence-electron chi connectivity index (χ3n) is 13.4. The van der Waals surface area contributed by atoms with Crippen molar-refractivity contribution in [3.8, 4) is 39.1 Å². The summed E-state index contributed by atoms with van der Waals surface area (Å²) in [5.41, 5.74) is 19.4. The molecule has 0 bridgehead atoms. The maximum Gasteiger partial charge on any atom is 0.0726 e. The SMILES string of the molecule is c1ccc(N(c2ccc3c(c2)C2(c4ccccc4-c4ccccc42)c2ccccc2-3)c2cccc3c2c2ccccc2n3-c2ccccc2-c2cccc3ccccc23)cc1. The van der Waals surface area contributed by atoms with E-state index in [0.717, 1.165) is 28.3 Å². The summed E-state index contributed by atoms with van der Waals surface area (Å²) in [5, 5.41) is 4.91. The lowest BCUT2D eigenvalue weighted by molar-refractivity contribution is 0.793. The molecule has 0 saturated heterocycles. The molecule has 0 N–H and O–H groups in total. The molecule has 10 aromatic carbocycles. The Morgan fingerprint density at radius 2 is 0.852 bits per heavy atom. The van der Waals surface area contributed by atoms with Crippen molar-refractivity contribution in [1.29, 1.82) is 0 Å². The number of rotatable bonds is 5. The second kappa shape index (κ2) is 13.0. The minimum absolute atomic E-state index is 0.440. The predicted octanol–water partition coefficient (Wildman–Crippen LogP) is 15.4. The fourth-order valence-corrected chi connectivity index (χ4v) is 11.0. The van der Waals surface area contributed by atoms with E-state index in [2.05, 4.69) is 240 Å². The highest BCUT2D eigenvalue weighted by molar-refractivity contribution is 6.17. The van der Waals surface area contributed by atoms with E-state index in [0.29, 0.717) is 0 Å². The minimum Gasteiger partial charge on any atom is -0.310 e.